The molecule has 2 aromatic heterocycles. The van der Waals surface area contributed by atoms with E-state index in [1.165, 1.54) is 25.2 Å². The lowest BCUT2D eigenvalue weighted by molar-refractivity contribution is 0.0784. The van der Waals surface area contributed by atoms with Crippen molar-refractivity contribution in [1.82, 2.24) is 19.4 Å². The molecule has 1 aliphatic rings. The van der Waals surface area contributed by atoms with Crippen LogP contribution in [0.15, 0.2) is 59.5 Å². The minimum absolute atomic E-state index is 0.0467. The topological polar surface area (TPSA) is 107 Å². The van der Waals surface area contributed by atoms with Crippen molar-refractivity contribution in [2.24, 2.45) is 0 Å². The molecule has 2 aromatic carbocycles. The molecule has 1 atom stereocenters. The summed E-state index contributed by atoms with van der Waals surface area (Å²) < 4.78 is 41.0. The lowest BCUT2D eigenvalue weighted by Crippen LogP contribution is -2.36. The summed E-state index contributed by atoms with van der Waals surface area (Å²) in [7, 11) is 2.83. The number of benzene rings is 2. The first-order valence-electron chi connectivity index (χ1n) is 12.5. The quantitative estimate of drug-likeness (QED) is 0.384. The molecule has 206 valence electrons. The van der Waals surface area contributed by atoms with Crippen molar-refractivity contribution in [2.75, 3.05) is 27.3 Å². The minimum atomic E-state index is -0.891. The molecular weight excluding hydrogens is 522 g/mol. The predicted octanol–water partition coefficient (Wildman–Crippen LogP) is 4.23. The number of para-hydroxylation sites is 1. The number of likely N-dealkylation sites (tertiary alicyclic amines) is 1. The monoisotopic (exact) mass is 548 g/mol. The Morgan fingerprint density at radius 1 is 1.02 bits per heavy atom. The predicted molar refractivity (Wildman–Crippen MR) is 142 cm³/mol. The van der Waals surface area contributed by atoms with Crippen LogP contribution >= 0.6 is 0 Å². The largest absolute Gasteiger partial charge is 0.494 e. The first-order valence-corrected chi connectivity index (χ1v) is 12.5. The molecule has 1 N–H and O–H groups in total. The van der Waals surface area contributed by atoms with Crippen LogP contribution in [0.3, 0.4) is 0 Å². The number of carbonyl (C=O) groups excluding carboxylic acids is 1. The summed E-state index contributed by atoms with van der Waals surface area (Å²) in [5, 5.41) is 10.9. The Labute approximate surface area is 228 Å². The Morgan fingerprint density at radius 3 is 2.27 bits per heavy atom. The molecule has 0 aliphatic carbocycles. The van der Waals surface area contributed by atoms with Crippen LogP contribution in [0.5, 0.6) is 17.4 Å². The number of aromatic hydroxyl groups is 1. The van der Waals surface area contributed by atoms with Crippen LogP contribution in [0.25, 0.3) is 17.2 Å². The van der Waals surface area contributed by atoms with Gasteiger partial charge in [0.2, 0.25) is 5.88 Å². The second-order valence-corrected chi connectivity index (χ2v) is 9.38. The average molecular weight is 549 g/mol. The number of methoxy groups -OCH3 is 2. The van der Waals surface area contributed by atoms with Crippen molar-refractivity contribution < 1.29 is 28.2 Å². The molecule has 0 radical (unpaired) electrons. The van der Waals surface area contributed by atoms with Gasteiger partial charge in [0, 0.05) is 30.8 Å². The number of nitrogens with zero attached hydrogens (tertiary/aromatic N) is 4. The van der Waals surface area contributed by atoms with E-state index in [1.807, 2.05) is 6.92 Å². The van der Waals surface area contributed by atoms with E-state index in [2.05, 4.69) is 9.97 Å². The van der Waals surface area contributed by atoms with Crippen molar-refractivity contribution in [3.8, 4) is 34.6 Å². The van der Waals surface area contributed by atoms with Crippen LogP contribution in [-0.2, 0) is 0 Å². The number of ether oxygens (including phenoxy) is 2. The van der Waals surface area contributed by atoms with Gasteiger partial charge in [0.1, 0.15) is 34.5 Å². The van der Waals surface area contributed by atoms with E-state index >= 15 is 0 Å². The fraction of sp³-hybridized carbons (Fsp3) is 0.241. The van der Waals surface area contributed by atoms with Crippen molar-refractivity contribution in [3.05, 3.63) is 93.4 Å². The summed E-state index contributed by atoms with van der Waals surface area (Å²) in [5.74, 6) is -3.19. The van der Waals surface area contributed by atoms with Gasteiger partial charge in [-0.05, 0) is 49.2 Å². The molecular formula is C29H26F2N4O5. The number of rotatable bonds is 6. The Balaban J connectivity index is 1.66. The van der Waals surface area contributed by atoms with Crippen molar-refractivity contribution >= 4 is 5.91 Å². The maximum atomic E-state index is 14.4. The molecule has 0 spiro atoms. The highest BCUT2D eigenvalue weighted by Gasteiger charge is 2.35. The summed E-state index contributed by atoms with van der Waals surface area (Å²) in [6, 6.07) is 11.9. The van der Waals surface area contributed by atoms with E-state index in [9.17, 15) is 23.5 Å². The molecule has 9 nitrogen and oxygen atoms in total. The maximum Gasteiger partial charge on any atom is 0.275 e. The zero-order valence-electron chi connectivity index (χ0n) is 22.0. The Hall–Kier alpha value is -4.80. The third-order valence-corrected chi connectivity index (χ3v) is 6.93. The molecule has 1 aliphatic heterocycles. The number of aromatic nitrogens is 3. The zero-order valence-corrected chi connectivity index (χ0v) is 22.0. The minimum Gasteiger partial charge on any atom is -0.494 e. The highest BCUT2D eigenvalue weighted by molar-refractivity contribution is 5.96. The lowest BCUT2D eigenvalue weighted by Gasteiger charge is -2.21. The van der Waals surface area contributed by atoms with Gasteiger partial charge in [-0.3, -0.25) is 19.1 Å². The second kappa shape index (κ2) is 10.8. The molecule has 1 unspecified atom stereocenters. The number of hydrogen-bond acceptors (Lipinski definition) is 7. The lowest BCUT2D eigenvalue weighted by atomic mass is 9.97. The summed E-state index contributed by atoms with van der Waals surface area (Å²) in [6.07, 6.45) is 1.85. The normalized spacial score (nSPS) is 14.8. The first-order chi connectivity index (χ1) is 19.2. The van der Waals surface area contributed by atoms with Gasteiger partial charge < -0.3 is 19.5 Å². The van der Waals surface area contributed by atoms with Crippen LogP contribution in [0.2, 0.25) is 0 Å². The Kier molecular flexibility index (Phi) is 7.20. The van der Waals surface area contributed by atoms with Gasteiger partial charge in [-0.1, -0.05) is 18.2 Å². The van der Waals surface area contributed by atoms with E-state index in [-0.39, 0.29) is 53.8 Å². The standard InChI is InChI=1S/C29H26F2N4O5/c1-16-10-11-20(32-14-16)26-33-27(36)24(29(38)35(26)25-21(39-2)8-5-9-22(25)40-3)28(37)34-13-12-17(15-34)23-18(30)6-4-7-19(23)31/h4-11,14,17,36H,12-13,15H2,1-3H3. The zero-order chi connectivity index (χ0) is 28.6. The number of carbonyl (C=O) groups is 1. The fourth-order valence-electron chi connectivity index (χ4n) is 4.97. The fourth-order valence-corrected chi connectivity index (χ4v) is 4.97. The number of halogens is 2. The van der Waals surface area contributed by atoms with Crippen LogP contribution in [0.4, 0.5) is 8.78 Å². The van der Waals surface area contributed by atoms with Gasteiger partial charge in [-0.15, -0.1) is 0 Å². The van der Waals surface area contributed by atoms with E-state index in [4.69, 9.17) is 9.47 Å². The van der Waals surface area contributed by atoms with Crippen molar-refractivity contribution in [1.29, 1.82) is 0 Å². The third kappa shape index (κ3) is 4.63. The van der Waals surface area contributed by atoms with Crippen molar-refractivity contribution in [3.63, 3.8) is 0 Å². The molecule has 4 aromatic rings. The summed E-state index contributed by atoms with van der Waals surface area (Å²) in [4.78, 5) is 37.6. The van der Waals surface area contributed by atoms with Crippen LogP contribution in [0.1, 0.15) is 33.8 Å². The average Bonchev–Trinajstić information content (AvgIpc) is 3.42. The van der Waals surface area contributed by atoms with Gasteiger partial charge in [0.05, 0.1) is 14.2 Å². The molecule has 40 heavy (non-hydrogen) atoms. The van der Waals surface area contributed by atoms with E-state index in [0.29, 0.717) is 0 Å². The molecule has 1 amide bonds. The highest BCUT2D eigenvalue weighted by atomic mass is 19.1. The van der Waals surface area contributed by atoms with Gasteiger partial charge in [-0.2, -0.15) is 4.98 Å². The van der Waals surface area contributed by atoms with Gasteiger partial charge in [0.15, 0.2) is 11.4 Å². The molecule has 1 saturated heterocycles. The van der Waals surface area contributed by atoms with Gasteiger partial charge in [-0.25, -0.2) is 8.78 Å². The molecule has 1 fully saturated rings. The maximum absolute atomic E-state index is 14.4. The summed E-state index contributed by atoms with van der Waals surface area (Å²) >= 11 is 0. The molecule has 5 rings (SSSR count). The van der Waals surface area contributed by atoms with Gasteiger partial charge in [0.25, 0.3) is 11.5 Å². The highest BCUT2D eigenvalue weighted by Crippen LogP contribution is 2.36. The Bertz CT molecular complexity index is 1610. The number of pyridine rings is 1. The van der Waals surface area contributed by atoms with Crippen LogP contribution < -0.4 is 15.0 Å². The van der Waals surface area contributed by atoms with E-state index in [0.717, 1.165) is 22.3 Å². The SMILES string of the molecule is COc1cccc(OC)c1-n1c(-c2ccc(C)cn2)nc(O)c(C(=O)N2CCC(c3c(F)cccc3F)C2)c1=O. The number of aryl methyl sites for hydroxylation is 1. The summed E-state index contributed by atoms with van der Waals surface area (Å²) in [6.45, 7) is 1.92. The molecule has 0 bridgehead atoms. The number of amides is 1. The number of hydrogen-bond donors (Lipinski definition) is 1. The molecule has 11 heteroatoms. The van der Waals surface area contributed by atoms with E-state index < -0.39 is 40.5 Å². The van der Waals surface area contributed by atoms with Crippen LogP contribution in [0, 0.1) is 18.6 Å². The summed E-state index contributed by atoms with van der Waals surface area (Å²) in [5.41, 5.74) is -0.336. The first kappa shape index (κ1) is 26.8. The van der Waals surface area contributed by atoms with E-state index in [1.54, 1.807) is 36.5 Å². The smallest absolute Gasteiger partial charge is 0.275 e. The van der Waals surface area contributed by atoms with Crippen molar-refractivity contribution in [2.45, 2.75) is 19.3 Å². The van der Waals surface area contributed by atoms with Crippen LogP contribution in [-0.4, -0.2) is 57.8 Å². The second-order valence-electron chi connectivity index (χ2n) is 9.38. The molecule has 0 saturated carbocycles. The molecule has 3 heterocycles. The third-order valence-electron chi connectivity index (χ3n) is 6.93. The Morgan fingerprint density at radius 2 is 1.68 bits per heavy atom. The van der Waals surface area contributed by atoms with Gasteiger partial charge >= 0.3 is 0 Å².